The molecule has 0 saturated heterocycles. The van der Waals surface area contributed by atoms with E-state index in [1.807, 2.05) is 5.51 Å². The summed E-state index contributed by atoms with van der Waals surface area (Å²) in [4.78, 5) is 4.32. The Morgan fingerprint density at radius 2 is 2.13 bits per heavy atom. The number of aromatic nitrogens is 1. The Morgan fingerprint density at radius 1 is 1.27 bits per heavy atom. The Bertz CT molecular complexity index is 476. The number of nitrogens with two attached hydrogens (primary N) is 1. The van der Waals surface area contributed by atoms with Crippen molar-refractivity contribution in [3.05, 3.63) is 40.2 Å². The van der Waals surface area contributed by atoms with Gasteiger partial charge in [-0.1, -0.05) is 12.1 Å². The van der Waals surface area contributed by atoms with E-state index in [2.05, 4.69) is 28.6 Å². The average molecular weight is 216 g/mol. The fraction of sp³-hybridized carbons (Fsp3) is 0.250. The van der Waals surface area contributed by atoms with E-state index in [1.54, 1.807) is 11.3 Å². The number of rotatable bonds is 1. The van der Waals surface area contributed by atoms with Crippen LogP contribution < -0.4 is 5.73 Å². The van der Waals surface area contributed by atoms with Gasteiger partial charge in [0.1, 0.15) is 0 Å². The summed E-state index contributed by atoms with van der Waals surface area (Å²) in [6.45, 7) is 0. The molecule has 15 heavy (non-hydrogen) atoms. The standard InChI is InChI=1S/C12H12N2S/c13-11-4-8-1-2-9(3-10(8)5-11)12-6-15-7-14-12/h1-3,6-7,11H,4-5,13H2. The van der Waals surface area contributed by atoms with Crippen LogP contribution >= 0.6 is 11.3 Å². The van der Waals surface area contributed by atoms with Crippen LogP contribution in [-0.4, -0.2) is 11.0 Å². The molecule has 1 aromatic carbocycles. The summed E-state index contributed by atoms with van der Waals surface area (Å²) in [5, 5.41) is 2.08. The zero-order chi connectivity index (χ0) is 10.3. The van der Waals surface area contributed by atoms with Gasteiger partial charge in [0.15, 0.2) is 0 Å². The van der Waals surface area contributed by atoms with Gasteiger partial charge in [-0.2, -0.15) is 0 Å². The largest absolute Gasteiger partial charge is 0.327 e. The van der Waals surface area contributed by atoms with Gasteiger partial charge in [-0.25, -0.2) is 4.98 Å². The Hall–Kier alpha value is -1.19. The van der Waals surface area contributed by atoms with E-state index >= 15 is 0 Å². The maximum Gasteiger partial charge on any atom is 0.0811 e. The minimum atomic E-state index is 0.311. The highest BCUT2D eigenvalue weighted by atomic mass is 32.1. The summed E-state index contributed by atoms with van der Waals surface area (Å²) >= 11 is 1.63. The van der Waals surface area contributed by atoms with E-state index in [-0.39, 0.29) is 0 Å². The number of nitrogens with zero attached hydrogens (tertiary/aromatic N) is 1. The number of benzene rings is 1. The molecule has 3 rings (SSSR count). The second kappa shape index (κ2) is 3.43. The van der Waals surface area contributed by atoms with Crippen LogP contribution in [0.1, 0.15) is 11.1 Å². The van der Waals surface area contributed by atoms with Crippen molar-refractivity contribution in [3.63, 3.8) is 0 Å². The average Bonchev–Trinajstić information content (AvgIpc) is 2.82. The fourth-order valence-corrected chi connectivity index (χ4v) is 2.73. The lowest BCUT2D eigenvalue weighted by Gasteiger charge is -2.01. The Balaban J connectivity index is 2.04. The first kappa shape index (κ1) is 9.07. The molecule has 76 valence electrons. The molecule has 3 heteroatoms. The third-order valence-electron chi connectivity index (χ3n) is 2.90. The van der Waals surface area contributed by atoms with Crippen LogP contribution in [0.2, 0.25) is 0 Å². The zero-order valence-corrected chi connectivity index (χ0v) is 9.13. The number of hydrogen-bond acceptors (Lipinski definition) is 3. The van der Waals surface area contributed by atoms with Crippen LogP contribution in [0, 0.1) is 0 Å². The van der Waals surface area contributed by atoms with Gasteiger partial charge in [0.2, 0.25) is 0 Å². The maximum absolute atomic E-state index is 5.94. The van der Waals surface area contributed by atoms with Crippen molar-refractivity contribution in [2.45, 2.75) is 18.9 Å². The highest BCUT2D eigenvalue weighted by molar-refractivity contribution is 7.07. The molecular formula is C12H12N2S. The first-order chi connectivity index (χ1) is 7.33. The number of hydrogen-bond donors (Lipinski definition) is 1. The molecule has 2 aromatic rings. The molecular weight excluding hydrogens is 204 g/mol. The third kappa shape index (κ3) is 1.58. The molecule has 0 bridgehead atoms. The van der Waals surface area contributed by atoms with E-state index in [9.17, 15) is 0 Å². The van der Waals surface area contributed by atoms with Crippen LogP contribution in [0.25, 0.3) is 11.3 Å². The van der Waals surface area contributed by atoms with Crippen molar-refractivity contribution in [1.29, 1.82) is 0 Å². The van der Waals surface area contributed by atoms with Crippen molar-refractivity contribution < 1.29 is 0 Å². The van der Waals surface area contributed by atoms with Gasteiger partial charge in [0, 0.05) is 17.0 Å². The molecule has 1 aliphatic carbocycles. The van der Waals surface area contributed by atoms with Crippen molar-refractivity contribution in [2.75, 3.05) is 0 Å². The van der Waals surface area contributed by atoms with Crippen LogP contribution in [0.3, 0.4) is 0 Å². The molecule has 0 fully saturated rings. The highest BCUT2D eigenvalue weighted by Crippen LogP contribution is 2.27. The minimum Gasteiger partial charge on any atom is -0.327 e. The molecule has 2 N–H and O–H groups in total. The van der Waals surface area contributed by atoms with Crippen LogP contribution in [-0.2, 0) is 12.8 Å². The van der Waals surface area contributed by atoms with Crippen LogP contribution in [0.5, 0.6) is 0 Å². The van der Waals surface area contributed by atoms with Gasteiger partial charge in [-0.15, -0.1) is 11.3 Å². The van der Waals surface area contributed by atoms with Crippen LogP contribution in [0.4, 0.5) is 0 Å². The quantitative estimate of drug-likeness (QED) is 0.794. The molecule has 1 atom stereocenters. The number of fused-ring (bicyclic) bond motifs is 1. The summed E-state index contributed by atoms with van der Waals surface area (Å²) in [7, 11) is 0. The second-order valence-corrected chi connectivity index (χ2v) is 4.74. The molecule has 0 spiro atoms. The molecule has 1 heterocycles. The fourth-order valence-electron chi connectivity index (χ4n) is 2.17. The van der Waals surface area contributed by atoms with Gasteiger partial charge in [-0.05, 0) is 30.0 Å². The van der Waals surface area contributed by atoms with Crippen molar-refractivity contribution >= 4 is 11.3 Å². The first-order valence-electron chi connectivity index (χ1n) is 5.09. The summed E-state index contributed by atoms with van der Waals surface area (Å²) < 4.78 is 0. The molecule has 2 nitrogen and oxygen atoms in total. The Kier molecular flexibility index (Phi) is 2.08. The summed E-state index contributed by atoms with van der Waals surface area (Å²) in [6, 6.07) is 6.88. The molecule has 1 aliphatic rings. The molecule has 1 unspecified atom stereocenters. The first-order valence-corrected chi connectivity index (χ1v) is 6.03. The zero-order valence-electron chi connectivity index (χ0n) is 8.31. The minimum absolute atomic E-state index is 0.311. The van der Waals surface area contributed by atoms with E-state index in [0.717, 1.165) is 18.5 Å². The second-order valence-electron chi connectivity index (χ2n) is 4.03. The molecule has 0 saturated carbocycles. The number of thiazole rings is 1. The summed E-state index contributed by atoms with van der Waals surface area (Å²) in [5.74, 6) is 0. The van der Waals surface area contributed by atoms with Crippen LogP contribution in [0.15, 0.2) is 29.1 Å². The molecule has 0 amide bonds. The topological polar surface area (TPSA) is 38.9 Å². The lowest BCUT2D eigenvalue weighted by molar-refractivity contribution is 0.721. The van der Waals surface area contributed by atoms with Crippen molar-refractivity contribution in [1.82, 2.24) is 4.98 Å². The van der Waals surface area contributed by atoms with E-state index < -0.39 is 0 Å². The Morgan fingerprint density at radius 3 is 2.93 bits per heavy atom. The van der Waals surface area contributed by atoms with E-state index in [1.165, 1.54) is 16.7 Å². The molecule has 0 aliphatic heterocycles. The smallest absolute Gasteiger partial charge is 0.0811 e. The summed E-state index contributed by atoms with van der Waals surface area (Å²) in [6.07, 6.45) is 2.03. The van der Waals surface area contributed by atoms with Gasteiger partial charge >= 0.3 is 0 Å². The molecule has 1 aromatic heterocycles. The monoisotopic (exact) mass is 216 g/mol. The van der Waals surface area contributed by atoms with Gasteiger partial charge in [0.25, 0.3) is 0 Å². The van der Waals surface area contributed by atoms with E-state index in [0.29, 0.717) is 6.04 Å². The maximum atomic E-state index is 5.94. The van der Waals surface area contributed by atoms with Crippen molar-refractivity contribution in [3.8, 4) is 11.3 Å². The van der Waals surface area contributed by atoms with E-state index in [4.69, 9.17) is 5.73 Å². The highest BCUT2D eigenvalue weighted by Gasteiger charge is 2.18. The lowest BCUT2D eigenvalue weighted by Crippen LogP contribution is -2.18. The summed E-state index contributed by atoms with van der Waals surface area (Å²) in [5.41, 5.74) is 12.9. The van der Waals surface area contributed by atoms with Crippen molar-refractivity contribution in [2.24, 2.45) is 5.73 Å². The predicted molar refractivity (Wildman–Crippen MR) is 62.9 cm³/mol. The Labute approximate surface area is 92.8 Å². The normalized spacial score (nSPS) is 19.1. The van der Waals surface area contributed by atoms with Gasteiger partial charge < -0.3 is 5.73 Å². The molecule has 0 radical (unpaired) electrons. The third-order valence-corrected chi connectivity index (χ3v) is 3.49. The SMILES string of the molecule is NC1Cc2ccc(-c3cscn3)cc2C1. The van der Waals surface area contributed by atoms with Gasteiger partial charge in [0.05, 0.1) is 11.2 Å². The van der Waals surface area contributed by atoms with Gasteiger partial charge in [-0.3, -0.25) is 0 Å². The predicted octanol–water partition coefficient (Wildman–Crippen LogP) is 2.24. The lowest BCUT2D eigenvalue weighted by atomic mass is 10.1.